The van der Waals surface area contributed by atoms with E-state index in [4.69, 9.17) is 21.3 Å². The van der Waals surface area contributed by atoms with E-state index in [-0.39, 0.29) is 0 Å². The molecule has 0 aliphatic carbocycles. The van der Waals surface area contributed by atoms with E-state index in [1.807, 2.05) is 93.2 Å². The molecule has 0 radical (unpaired) electrons. The first-order valence-electron chi connectivity index (χ1n) is 14.1. The van der Waals surface area contributed by atoms with Crippen LogP contribution in [0.5, 0.6) is 0 Å². The molecule has 3 heterocycles. The molecule has 0 unspecified atom stereocenters. The number of hydrogen-bond acceptors (Lipinski definition) is 6. The third-order valence-corrected chi connectivity index (χ3v) is 8.59. The average molecular weight is 611 g/mol. The van der Waals surface area contributed by atoms with Crippen LogP contribution in [0.1, 0.15) is 44.9 Å². The molecule has 1 atom stereocenters. The van der Waals surface area contributed by atoms with E-state index in [2.05, 4.69) is 23.1 Å². The third kappa shape index (κ3) is 5.78. The minimum Gasteiger partial charge on any atom is -0.479 e. The van der Waals surface area contributed by atoms with Crippen LogP contribution in [0, 0.1) is 6.92 Å². The number of halogens is 1. The highest BCUT2D eigenvalue weighted by atomic mass is 35.5. The topological polar surface area (TPSA) is 90.1 Å². The van der Waals surface area contributed by atoms with Crippen LogP contribution in [-0.4, -0.2) is 36.4 Å². The summed E-state index contributed by atoms with van der Waals surface area (Å²) in [6, 6.07) is 19.6. The molecule has 218 valence electrons. The summed E-state index contributed by atoms with van der Waals surface area (Å²) in [7, 11) is 0. The van der Waals surface area contributed by atoms with Gasteiger partial charge in [-0.2, -0.15) is 5.10 Å². The number of rotatable bonds is 7. The molecule has 6 rings (SSSR count). The van der Waals surface area contributed by atoms with Crippen LogP contribution >= 0.6 is 22.9 Å². The molecule has 0 spiro atoms. The Hall–Kier alpha value is -4.11. The number of nitrogens with zero attached hydrogens (tertiary/aromatic N) is 4. The van der Waals surface area contributed by atoms with E-state index >= 15 is 0 Å². The number of carbonyl (C=O) groups is 1. The van der Waals surface area contributed by atoms with Gasteiger partial charge < -0.3 is 9.84 Å². The lowest BCUT2D eigenvalue weighted by Crippen LogP contribution is -2.28. The van der Waals surface area contributed by atoms with Gasteiger partial charge in [-0.25, -0.2) is 9.78 Å². The van der Waals surface area contributed by atoms with E-state index in [9.17, 15) is 9.90 Å². The van der Waals surface area contributed by atoms with Crippen molar-refractivity contribution in [2.45, 2.75) is 52.9 Å². The van der Waals surface area contributed by atoms with Gasteiger partial charge in [0.1, 0.15) is 5.01 Å². The predicted molar refractivity (Wildman–Crippen MR) is 174 cm³/mol. The summed E-state index contributed by atoms with van der Waals surface area (Å²) in [5, 5.41) is 17.4. The van der Waals surface area contributed by atoms with Crippen LogP contribution in [0.3, 0.4) is 0 Å². The minimum atomic E-state index is -1.17. The van der Waals surface area contributed by atoms with Gasteiger partial charge in [0.25, 0.3) is 0 Å². The van der Waals surface area contributed by atoms with Crippen molar-refractivity contribution in [2.75, 3.05) is 0 Å². The predicted octanol–water partition coefficient (Wildman–Crippen LogP) is 8.96. The second-order valence-corrected chi connectivity index (χ2v) is 12.9. The Balaban J connectivity index is 1.51. The van der Waals surface area contributed by atoms with Crippen LogP contribution in [0.25, 0.3) is 54.1 Å². The van der Waals surface area contributed by atoms with Gasteiger partial charge in [0.05, 0.1) is 27.0 Å². The van der Waals surface area contributed by atoms with Crippen LogP contribution in [0.4, 0.5) is 0 Å². The maximum absolute atomic E-state index is 12.6. The van der Waals surface area contributed by atoms with Gasteiger partial charge in [-0.3, -0.25) is 9.67 Å². The normalized spacial score (nSPS) is 12.7. The summed E-state index contributed by atoms with van der Waals surface area (Å²) >= 11 is 7.76. The van der Waals surface area contributed by atoms with Gasteiger partial charge in [0, 0.05) is 51.6 Å². The standard InChI is InChI=1S/C34H31ClN4O3S/c1-6-39-18-23-16-21(9-12-25(23)38-39)26-17-22(13-14-36-26)32-37-27-15-19(2)28(30(33(40)41)42-34(3,4)5)29(31(27)43-32)20-7-10-24(35)11-8-20/h7-18,30H,6H2,1-5H3,(H,40,41)/t30-/m0/s1. The SMILES string of the molecule is CCn1cc2cc(-c3cc(-c4nc5cc(C)c([C@H](OC(C)(C)C)C(=O)O)c(-c6ccc(Cl)cc6)c5s4)ccn3)ccc2n1. The van der Waals surface area contributed by atoms with Gasteiger partial charge in [-0.15, -0.1) is 11.3 Å². The minimum absolute atomic E-state index is 0.601. The number of aromatic nitrogens is 4. The zero-order chi connectivity index (χ0) is 30.5. The second-order valence-electron chi connectivity index (χ2n) is 11.5. The first-order chi connectivity index (χ1) is 20.5. The van der Waals surface area contributed by atoms with Crippen molar-refractivity contribution >= 4 is 50.0 Å². The summed E-state index contributed by atoms with van der Waals surface area (Å²) in [6.07, 6.45) is 2.67. The van der Waals surface area contributed by atoms with Crippen LogP contribution < -0.4 is 0 Å². The molecule has 6 aromatic rings. The van der Waals surface area contributed by atoms with Gasteiger partial charge in [0.2, 0.25) is 0 Å². The second kappa shape index (κ2) is 11.2. The van der Waals surface area contributed by atoms with Crippen LogP contribution in [0.15, 0.2) is 73.1 Å². The van der Waals surface area contributed by atoms with E-state index < -0.39 is 17.7 Å². The molecule has 9 heteroatoms. The number of ether oxygens (including phenoxy) is 1. The lowest BCUT2D eigenvalue weighted by atomic mass is 9.91. The molecule has 1 N–H and O–H groups in total. The number of pyridine rings is 1. The number of thiazole rings is 1. The smallest absolute Gasteiger partial charge is 0.337 e. The van der Waals surface area contributed by atoms with E-state index in [1.54, 1.807) is 6.20 Å². The van der Waals surface area contributed by atoms with E-state index in [1.165, 1.54) is 11.3 Å². The fraction of sp³-hybridized carbons (Fsp3) is 0.235. The highest BCUT2D eigenvalue weighted by molar-refractivity contribution is 7.22. The summed E-state index contributed by atoms with van der Waals surface area (Å²) in [5.41, 5.74) is 6.87. The zero-order valence-corrected chi connectivity index (χ0v) is 26.1. The summed E-state index contributed by atoms with van der Waals surface area (Å²) < 4.78 is 8.95. The molecular weight excluding hydrogens is 580 g/mol. The van der Waals surface area contributed by atoms with Crippen molar-refractivity contribution in [2.24, 2.45) is 0 Å². The Labute approximate surface area is 258 Å². The van der Waals surface area contributed by atoms with Crippen molar-refractivity contribution in [1.82, 2.24) is 19.7 Å². The Morgan fingerprint density at radius 2 is 1.77 bits per heavy atom. The van der Waals surface area contributed by atoms with Crippen molar-refractivity contribution < 1.29 is 14.6 Å². The first kappa shape index (κ1) is 29.0. The zero-order valence-electron chi connectivity index (χ0n) is 24.6. The highest BCUT2D eigenvalue weighted by Crippen LogP contribution is 2.44. The number of aryl methyl sites for hydroxylation is 2. The monoisotopic (exact) mass is 610 g/mol. The molecule has 0 bridgehead atoms. The van der Waals surface area contributed by atoms with Crippen molar-refractivity contribution in [3.05, 3.63) is 89.2 Å². The summed E-state index contributed by atoms with van der Waals surface area (Å²) in [6.45, 7) is 10.4. The molecule has 3 aromatic carbocycles. The number of fused-ring (bicyclic) bond motifs is 2. The van der Waals surface area contributed by atoms with Crippen molar-refractivity contribution in [3.8, 4) is 33.0 Å². The number of aliphatic carboxylic acids is 1. The van der Waals surface area contributed by atoms with E-state index in [0.717, 1.165) is 66.2 Å². The Morgan fingerprint density at radius 3 is 2.47 bits per heavy atom. The Bertz CT molecular complexity index is 1990. The molecule has 7 nitrogen and oxygen atoms in total. The van der Waals surface area contributed by atoms with E-state index in [0.29, 0.717) is 10.6 Å². The lowest BCUT2D eigenvalue weighted by molar-refractivity contribution is -0.160. The third-order valence-electron chi connectivity index (χ3n) is 7.20. The molecular formula is C34H31ClN4O3S. The van der Waals surface area contributed by atoms with Gasteiger partial charge in [-0.05, 0) is 88.2 Å². The number of carboxylic acid groups (broad SMARTS) is 1. The summed E-state index contributed by atoms with van der Waals surface area (Å²) in [5.74, 6) is -1.04. The Morgan fingerprint density at radius 1 is 1.02 bits per heavy atom. The van der Waals surface area contributed by atoms with Crippen LogP contribution in [0.2, 0.25) is 5.02 Å². The number of carboxylic acids is 1. The molecule has 0 saturated heterocycles. The quantitative estimate of drug-likeness (QED) is 0.194. The number of benzene rings is 3. The summed E-state index contributed by atoms with van der Waals surface area (Å²) in [4.78, 5) is 22.3. The Kier molecular flexibility index (Phi) is 7.54. The molecule has 0 aliphatic heterocycles. The molecule has 0 aliphatic rings. The molecule has 3 aromatic heterocycles. The van der Waals surface area contributed by atoms with Crippen molar-refractivity contribution in [1.29, 1.82) is 0 Å². The van der Waals surface area contributed by atoms with Crippen LogP contribution in [-0.2, 0) is 16.1 Å². The fourth-order valence-corrected chi connectivity index (χ4v) is 6.53. The fourth-order valence-electron chi connectivity index (χ4n) is 5.28. The number of hydrogen-bond donors (Lipinski definition) is 1. The molecule has 43 heavy (non-hydrogen) atoms. The maximum Gasteiger partial charge on any atom is 0.337 e. The largest absolute Gasteiger partial charge is 0.479 e. The molecule has 0 amide bonds. The average Bonchev–Trinajstić information content (AvgIpc) is 3.59. The maximum atomic E-state index is 12.6. The lowest BCUT2D eigenvalue weighted by Gasteiger charge is -2.28. The highest BCUT2D eigenvalue weighted by Gasteiger charge is 2.32. The van der Waals surface area contributed by atoms with Gasteiger partial charge in [0.15, 0.2) is 6.10 Å². The molecule has 0 saturated carbocycles. The molecule has 0 fully saturated rings. The van der Waals surface area contributed by atoms with Gasteiger partial charge in [-0.1, -0.05) is 29.8 Å². The van der Waals surface area contributed by atoms with Gasteiger partial charge >= 0.3 is 5.97 Å². The first-order valence-corrected chi connectivity index (χ1v) is 15.2. The van der Waals surface area contributed by atoms with Crippen molar-refractivity contribution in [3.63, 3.8) is 0 Å².